The number of aliphatic imine (C=N–C) groups is 2. The molecule has 4 nitrogen and oxygen atoms in total. The molecule has 2 aliphatic rings. The molecule has 0 fully saturated rings. The first-order chi connectivity index (χ1) is 9.99. The van der Waals surface area contributed by atoms with Gasteiger partial charge in [-0.05, 0) is 42.2 Å². The zero-order valence-corrected chi connectivity index (χ0v) is 12.3. The minimum atomic E-state index is 0.0280. The van der Waals surface area contributed by atoms with Crippen molar-refractivity contribution in [3.63, 3.8) is 0 Å². The van der Waals surface area contributed by atoms with Crippen LogP contribution in [-0.4, -0.2) is 12.2 Å². The number of allylic oxidation sites excluding steroid dienone is 6. The fourth-order valence-electron chi connectivity index (χ4n) is 2.98. The maximum Gasteiger partial charge on any atom is 0.240 e. The lowest BCUT2D eigenvalue weighted by Gasteiger charge is -2.37. The van der Waals surface area contributed by atoms with E-state index in [1.165, 1.54) is 0 Å². The summed E-state index contributed by atoms with van der Waals surface area (Å²) in [5.41, 5.74) is 1.41. The zero-order chi connectivity index (χ0) is 15.3. The predicted octanol–water partition coefficient (Wildman–Crippen LogP) is 3.75. The highest BCUT2D eigenvalue weighted by atomic mass is 16.1. The first-order valence-corrected chi connectivity index (χ1v) is 6.93. The Morgan fingerprint density at radius 2 is 1.38 bits per heavy atom. The fourth-order valence-corrected chi connectivity index (χ4v) is 2.98. The Hall–Kier alpha value is -2.28. The Balaban J connectivity index is 2.06. The van der Waals surface area contributed by atoms with E-state index in [0.717, 1.165) is 19.3 Å². The molecule has 2 rings (SSSR count). The molecule has 0 amide bonds. The summed E-state index contributed by atoms with van der Waals surface area (Å²) in [5, 5.41) is 0. The van der Waals surface area contributed by atoms with Crippen LogP contribution < -0.4 is 0 Å². The summed E-state index contributed by atoms with van der Waals surface area (Å²) >= 11 is 0. The van der Waals surface area contributed by atoms with Gasteiger partial charge in [-0.2, -0.15) is 9.98 Å². The number of hydrogen-bond acceptors (Lipinski definition) is 4. The van der Waals surface area contributed by atoms with Gasteiger partial charge in [-0.1, -0.05) is 38.2 Å². The Labute approximate surface area is 124 Å². The van der Waals surface area contributed by atoms with Crippen LogP contribution in [0, 0.1) is 10.8 Å². The first-order valence-electron chi connectivity index (χ1n) is 6.93. The van der Waals surface area contributed by atoms with Crippen molar-refractivity contribution in [2.45, 2.75) is 33.1 Å². The molecule has 0 radical (unpaired) electrons. The lowest BCUT2D eigenvalue weighted by molar-refractivity contribution is 0.252. The Morgan fingerprint density at radius 3 is 1.67 bits per heavy atom. The van der Waals surface area contributed by atoms with E-state index in [0.29, 0.717) is 11.4 Å². The molecule has 2 unspecified atom stereocenters. The molecule has 0 heterocycles. The van der Waals surface area contributed by atoms with Crippen LogP contribution in [0.4, 0.5) is 0 Å². The standard InChI is InChI=1S/C17H18N2O2/c1-16(7-3-14(4-8-16)18-12-20)11-17(2)9-5-15(6-10-17)19-13-21/h3-7,9H,8,10-11H2,1-2H3. The molecule has 0 N–H and O–H groups in total. The fraction of sp³-hybridized carbons (Fsp3) is 0.412. The second-order valence-electron chi connectivity index (χ2n) is 6.22. The van der Waals surface area contributed by atoms with Gasteiger partial charge in [-0.25, -0.2) is 9.59 Å². The molecule has 0 aliphatic heterocycles. The number of carbonyl (C=O) groups excluding carboxylic acids is 2. The third-order valence-electron chi connectivity index (χ3n) is 4.03. The SMILES string of the molecule is CC1(CC2(C)C=CC(N=C=O)=CC2)C=CC(N=C=O)=CC1. The van der Waals surface area contributed by atoms with Crippen LogP contribution >= 0.6 is 0 Å². The Bertz CT molecular complexity index is 588. The average Bonchev–Trinajstić information content (AvgIpc) is 2.45. The monoisotopic (exact) mass is 282 g/mol. The molecule has 0 bridgehead atoms. The van der Waals surface area contributed by atoms with E-state index in [2.05, 4.69) is 36.0 Å². The van der Waals surface area contributed by atoms with E-state index in [4.69, 9.17) is 0 Å². The van der Waals surface area contributed by atoms with Crippen LogP contribution in [0.5, 0.6) is 0 Å². The third-order valence-corrected chi connectivity index (χ3v) is 4.03. The minimum absolute atomic E-state index is 0.0280. The molecule has 108 valence electrons. The lowest BCUT2D eigenvalue weighted by atomic mass is 9.67. The van der Waals surface area contributed by atoms with Crippen LogP contribution in [0.25, 0.3) is 0 Å². The first kappa shape index (κ1) is 15.1. The highest BCUT2D eigenvalue weighted by Gasteiger charge is 2.33. The number of nitrogens with zero attached hydrogens (tertiary/aromatic N) is 2. The van der Waals surface area contributed by atoms with Crippen LogP contribution in [0.3, 0.4) is 0 Å². The summed E-state index contributed by atoms with van der Waals surface area (Å²) in [7, 11) is 0. The van der Waals surface area contributed by atoms with Crippen molar-refractivity contribution in [2.24, 2.45) is 20.8 Å². The molecular weight excluding hydrogens is 264 g/mol. The molecule has 0 aromatic rings. The Morgan fingerprint density at radius 1 is 0.952 bits per heavy atom. The average molecular weight is 282 g/mol. The van der Waals surface area contributed by atoms with Crippen molar-refractivity contribution in [3.8, 4) is 0 Å². The highest BCUT2D eigenvalue weighted by Crippen LogP contribution is 2.44. The minimum Gasteiger partial charge on any atom is -0.211 e. The van der Waals surface area contributed by atoms with Crippen molar-refractivity contribution in [2.75, 3.05) is 0 Å². The van der Waals surface area contributed by atoms with E-state index >= 15 is 0 Å². The van der Waals surface area contributed by atoms with Gasteiger partial charge >= 0.3 is 0 Å². The van der Waals surface area contributed by atoms with Crippen molar-refractivity contribution in [1.82, 2.24) is 0 Å². The quantitative estimate of drug-likeness (QED) is 0.582. The maximum atomic E-state index is 10.3. The summed E-state index contributed by atoms with van der Waals surface area (Å²) in [6.45, 7) is 4.40. The van der Waals surface area contributed by atoms with Gasteiger partial charge in [0.05, 0.1) is 11.4 Å². The van der Waals surface area contributed by atoms with E-state index in [1.807, 2.05) is 24.3 Å². The normalized spacial score (nSPS) is 30.8. The smallest absolute Gasteiger partial charge is 0.211 e. The van der Waals surface area contributed by atoms with E-state index in [9.17, 15) is 9.59 Å². The molecular formula is C17H18N2O2. The molecule has 0 saturated carbocycles. The third kappa shape index (κ3) is 3.85. The van der Waals surface area contributed by atoms with Gasteiger partial charge in [0.15, 0.2) is 0 Å². The summed E-state index contributed by atoms with van der Waals surface area (Å²) in [5.74, 6) is 0. The molecule has 2 atom stereocenters. The lowest BCUT2D eigenvalue weighted by Crippen LogP contribution is -2.26. The number of isocyanates is 2. The summed E-state index contributed by atoms with van der Waals surface area (Å²) in [4.78, 5) is 27.8. The van der Waals surface area contributed by atoms with Gasteiger partial charge in [-0.3, -0.25) is 0 Å². The van der Waals surface area contributed by atoms with Gasteiger partial charge in [-0.15, -0.1) is 0 Å². The molecule has 0 saturated heterocycles. The second kappa shape index (κ2) is 6.01. The van der Waals surface area contributed by atoms with Crippen LogP contribution in [0.15, 0.2) is 57.8 Å². The maximum absolute atomic E-state index is 10.3. The van der Waals surface area contributed by atoms with Gasteiger partial charge in [0, 0.05) is 0 Å². The number of rotatable bonds is 4. The highest BCUT2D eigenvalue weighted by molar-refractivity contribution is 5.42. The van der Waals surface area contributed by atoms with Gasteiger partial charge in [0.2, 0.25) is 12.2 Å². The van der Waals surface area contributed by atoms with Gasteiger partial charge < -0.3 is 0 Å². The molecule has 0 aromatic carbocycles. The predicted molar refractivity (Wildman–Crippen MR) is 80.8 cm³/mol. The van der Waals surface area contributed by atoms with E-state index < -0.39 is 0 Å². The van der Waals surface area contributed by atoms with Gasteiger partial charge in [0.25, 0.3) is 0 Å². The topological polar surface area (TPSA) is 58.9 Å². The van der Waals surface area contributed by atoms with Gasteiger partial charge in [0.1, 0.15) is 0 Å². The molecule has 4 heteroatoms. The van der Waals surface area contributed by atoms with Crippen molar-refractivity contribution >= 4 is 12.2 Å². The summed E-state index contributed by atoms with van der Waals surface area (Å²) < 4.78 is 0. The van der Waals surface area contributed by atoms with Crippen molar-refractivity contribution in [1.29, 1.82) is 0 Å². The van der Waals surface area contributed by atoms with Crippen LogP contribution in [-0.2, 0) is 9.59 Å². The molecule has 0 spiro atoms. The second-order valence-corrected chi connectivity index (χ2v) is 6.22. The van der Waals surface area contributed by atoms with Crippen molar-refractivity contribution in [3.05, 3.63) is 47.9 Å². The molecule has 21 heavy (non-hydrogen) atoms. The van der Waals surface area contributed by atoms with Crippen LogP contribution in [0.2, 0.25) is 0 Å². The number of hydrogen-bond donors (Lipinski definition) is 0. The Kier molecular flexibility index (Phi) is 4.32. The zero-order valence-electron chi connectivity index (χ0n) is 12.3. The largest absolute Gasteiger partial charge is 0.240 e. The van der Waals surface area contributed by atoms with Crippen LogP contribution in [0.1, 0.15) is 33.1 Å². The van der Waals surface area contributed by atoms with E-state index in [-0.39, 0.29) is 10.8 Å². The molecule has 0 aromatic heterocycles. The molecule has 2 aliphatic carbocycles. The summed E-state index contributed by atoms with van der Waals surface area (Å²) in [6.07, 6.45) is 17.7. The van der Waals surface area contributed by atoms with Crippen molar-refractivity contribution < 1.29 is 9.59 Å². The van der Waals surface area contributed by atoms with E-state index in [1.54, 1.807) is 12.2 Å². The summed E-state index contributed by atoms with van der Waals surface area (Å²) in [6, 6.07) is 0.